The van der Waals surface area contributed by atoms with Crippen molar-refractivity contribution in [2.24, 2.45) is 5.92 Å². The maximum atomic E-state index is 12.4. The van der Waals surface area contributed by atoms with Crippen molar-refractivity contribution in [3.05, 3.63) is 48.0 Å². The number of methoxy groups -OCH3 is 2. The van der Waals surface area contributed by atoms with Crippen molar-refractivity contribution in [2.45, 2.75) is 20.3 Å². The molecule has 0 saturated carbocycles. The van der Waals surface area contributed by atoms with E-state index < -0.39 is 0 Å². The molecule has 0 saturated heterocycles. The normalized spacial score (nSPS) is 10.3. The molecule has 6 heteroatoms. The Morgan fingerprint density at radius 1 is 0.923 bits per heavy atom. The van der Waals surface area contributed by atoms with Gasteiger partial charge in [-0.2, -0.15) is 0 Å². The van der Waals surface area contributed by atoms with Crippen molar-refractivity contribution < 1.29 is 19.1 Å². The molecule has 0 aliphatic rings. The first-order valence-electron chi connectivity index (χ1n) is 8.36. The van der Waals surface area contributed by atoms with Crippen LogP contribution < -0.4 is 20.1 Å². The second-order valence-corrected chi connectivity index (χ2v) is 6.22. The molecule has 0 aromatic heterocycles. The summed E-state index contributed by atoms with van der Waals surface area (Å²) < 4.78 is 10.7. The fourth-order valence-electron chi connectivity index (χ4n) is 2.45. The van der Waals surface area contributed by atoms with Crippen LogP contribution in [0.2, 0.25) is 0 Å². The first kappa shape index (κ1) is 19.3. The molecule has 138 valence electrons. The highest BCUT2D eigenvalue weighted by molar-refractivity contribution is 6.05. The molecule has 0 bridgehead atoms. The lowest BCUT2D eigenvalue weighted by atomic mass is 10.1. The molecule has 2 N–H and O–H groups in total. The van der Waals surface area contributed by atoms with Gasteiger partial charge in [-0.25, -0.2) is 0 Å². The first-order chi connectivity index (χ1) is 12.4. The van der Waals surface area contributed by atoms with Gasteiger partial charge in [-0.3, -0.25) is 9.59 Å². The summed E-state index contributed by atoms with van der Waals surface area (Å²) in [6, 6.07) is 12.1. The third-order valence-corrected chi connectivity index (χ3v) is 3.67. The minimum absolute atomic E-state index is 0.110. The van der Waals surface area contributed by atoms with Crippen LogP contribution in [0.3, 0.4) is 0 Å². The van der Waals surface area contributed by atoms with Gasteiger partial charge in [-0.1, -0.05) is 32.0 Å². The molecule has 2 amide bonds. The highest BCUT2D eigenvalue weighted by Gasteiger charge is 2.16. The molecule has 0 fully saturated rings. The lowest BCUT2D eigenvalue weighted by Crippen LogP contribution is -2.16. The fraction of sp³-hybridized carbons (Fsp3) is 0.300. The number of hydrogen-bond donors (Lipinski definition) is 2. The summed E-state index contributed by atoms with van der Waals surface area (Å²) in [5, 5.41) is 5.63. The van der Waals surface area contributed by atoms with Crippen LogP contribution in [-0.4, -0.2) is 26.0 Å². The van der Waals surface area contributed by atoms with Gasteiger partial charge in [0.1, 0.15) is 11.5 Å². The smallest absolute Gasteiger partial charge is 0.255 e. The predicted molar refractivity (Wildman–Crippen MR) is 102 cm³/mol. The van der Waals surface area contributed by atoms with E-state index in [1.807, 2.05) is 19.9 Å². The summed E-state index contributed by atoms with van der Waals surface area (Å²) in [6.45, 7) is 3.94. The molecule has 0 aliphatic carbocycles. The highest BCUT2D eigenvalue weighted by Crippen LogP contribution is 2.36. The van der Waals surface area contributed by atoms with Crippen LogP contribution in [-0.2, 0) is 4.79 Å². The number of ether oxygens (including phenoxy) is 2. The number of carbonyl (C=O) groups excluding carboxylic acids is 2. The van der Waals surface area contributed by atoms with Gasteiger partial charge < -0.3 is 20.1 Å². The third kappa shape index (κ3) is 4.99. The standard InChI is InChI=1S/C20H24N2O4/c1-13(2)10-19(23)21-15-11-18(26-4)16(12-17(15)25-3)22-20(24)14-8-6-5-7-9-14/h5-9,11-13H,10H2,1-4H3,(H,21,23)(H,22,24). The number of hydrogen-bond acceptors (Lipinski definition) is 4. The Morgan fingerprint density at radius 3 is 1.96 bits per heavy atom. The molecule has 2 aromatic carbocycles. The van der Waals surface area contributed by atoms with E-state index in [1.165, 1.54) is 14.2 Å². The van der Waals surface area contributed by atoms with E-state index in [0.717, 1.165) is 0 Å². The van der Waals surface area contributed by atoms with Crippen LogP contribution in [0, 0.1) is 5.92 Å². The molecular formula is C20H24N2O4. The Bertz CT molecular complexity index is 773. The van der Waals surface area contributed by atoms with E-state index in [0.29, 0.717) is 34.9 Å². The highest BCUT2D eigenvalue weighted by atomic mass is 16.5. The topological polar surface area (TPSA) is 76.7 Å². The van der Waals surface area contributed by atoms with Crippen LogP contribution in [0.1, 0.15) is 30.6 Å². The molecule has 2 aromatic rings. The van der Waals surface area contributed by atoms with Crippen molar-refractivity contribution in [3.8, 4) is 11.5 Å². The second-order valence-electron chi connectivity index (χ2n) is 6.22. The van der Waals surface area contributed by atoms with Crippen LogP contribution in [0.5, 0.6) is 11.5 Å². The number of carbonyl (C=O) groups is 2. The molecule has 0 unspecified atom stereocenters. The van der Waals surface area contributed by atoms with E-state index in [1.54, 1.807) is 36.4 Å². The van der Waals surface area contributed by atoms with Crippen molar-refractivity contribution >= 4 is 23.2 Å². The lowest BCUT2D eigenvalue weighted by molar-refractivity contribution is -0.116. The number of anilines is 2. The lowest BCUT2D eigenvalue weighted by Gasteiger charge is -2.16. The van der Waals surface area contributed by atoms with Crippen molar-refractivity contribution in [2.75, 3.05) is 24.9 Å². The van der Waals surface area contributed by atoms with E-state index >= 15 is 0 Å². The Kier molecular flexibility index (Phi) is 6.60. The van der Waals surface area contributed by atoms with Gasteiger partial charge in [0, 0.05) is 24.1 Å². The van der Waals surface area contributed by atoms with Gasteiger partial charge >= 0.3 is 0 Å². The molecule has 0 heterocycles. The van der Waals surface area contributed by atoms with Gasteiger partial charge in [0.25, 0.3) is 5.91 Å². The number of amides is 2. The van der Waals surface area contributed by atoms with Gasteiger partial charge in [-0.15, -0.1) is 0 Å². The SMILES string of the molecule is COc1cc(NC(=O)c2ccccc2)c(OC)cc1NC(=O)CC(C)C. The van der Waals surface area contributed by atoms with Gasteiger partial charge in [0.2, 0.25) is 5.91 Å². The molecule has 0 radical (unpaired) electrons. The molecule has 0 aliphatic heterocycles. The molecule has 6 nitrogen and oxygen atoms in total. The predicted octanol–water partition coefficient (Wildman–Crippen LogP) is 3.94. The molecule has 26 heavy (non-hydrogen) atoms. The number of nitrogens with one attached hydrogen (secondary N) is 2. The molecular weight excluding hydrogens is 332 g/mol. The molecule has 0 atom stereocenters. The Morgan fingerprint density at radius 2 is 1.46 bits per heavy atom. The van der Waals surface area contributed by atoms with Crippen LogP contribution in [0.15, 0.2) is 42.5 Å². The molecule has 2 rings (SSSR count). The zero-order chi connectivity index (χ0) is 19.1. The van der Waals surface area contributed by atoms with E-state index in [-0.39, 0.29) is 17.7 Å². The average Bonchev–Trinajstić information content (AvgIpc) is 2.62. The Labute approximate surface area is 153 Å². The minimum atomic E-state index is -0.262. The van der Waals surface area contributed by atoms with E-state index in [2.05, 4.69) is 10.6 Å². The van der Waals surface area contributed by atoms with E-state index in [9.17, 15) is 9.59 Å². The molecule has 0 spiro atoms. The quantitative estimate of drug-likeness (QED) is 0.788. The summed E-state index contributed by atoms with van der Waals surface area (Å²) in [7, 11) is 3.00. The van der Waals surface area contributed by atoms with Crippen molar-refractivity contribution in [3.63, 3.8) is 0 Å². The van der Waals surface area contributed by atoms with Gasteiger partial charge in [0.05, 0.1) is 25.6 Å². The zero-order valence-electron chi connectivity index (χ0n) is 15.5. The maximum Gasteiger partial charge on any atom is 0.255 e. The van der Waals surface area contributed by atoms with Crippen molar-refractivity contribution in [1.29, 1.82) is 0 Å². The monoisotopic (exact) mass is 356 g/mol. The summed E-state index contributed by atoms with van der Waals surface area (Å²) in [4.78, 5) is 24.4. The third-order valence-electron chi connectivity index (χ3n) is 3.67. The van der Waals surface area contributed by atoms with Gasteiger partial charge in [0.15, 0.2) is 0 Å². The van der Waals surface area contributed by atoms with Crippen LogP contribution >= 0.6 is 0 Å². The Hall–Kier alpha value is -3.02. The van der Waals surface area contributed by atoms with Crippen LogP contribution in [0.4, 0.5) is 11.4 Å². The Balaban J connectivity index is 2.27. The number of rotatable bonds is 7. The summed E-state index contributed by atoms with van der Waals surface area (Å²) >= 11 is 0. The second kappa shape index (κ2) is 8.89. The maximum absolute atomic E-state index is 12.4. The largest absolute Gasteiger partial charge is 0.494 e. The summed E-state index contributed by atoms with van der Waals surface area (Å²) in [5.74, 6) is 0.734. The zero-order valence-corrected chi connectivity index (χ0v) is 15.5. The van der Waals surface area contributed by atoms with Crippen LogP contribution in [0.25, 0.3) is 0 Å². The fourth-order valence-corrected chi connectivity index (χ4v) is 2.45. The first-order valence-corrected chi connectivity index (χ1v) is 8.36. The minimum Gasteiger partial charge on any atom is -0.494 e. The average molecular weight is 356 g/mol. The number of benzene rings is 2. The summed E-state index contributed by atoms with van der Waals surface area (Å²) in [5.41, 5.74) is 1.48. The van der Waals surface area contributed by atoms with E-state index in [4.69, 9.17) is 9.47 Å². The van der Waals surface area contributed by atoms with Crippen molar-refractivity contribution in [1.82, 2.24) is 0 Å². The summed E-state index contributed by atoms with van der Waals surface area (Å²) in [6.07, 6.45) is 0.401. The van der Waals surface area contributed by atoms with Gasteiger partial charge in [-0.05, 0) is 18.1 Å².